The summed E-state index contributed by atoms with van der Waals surface area (Å²) in [6.07, 6.45) is 2.29. The van der Waals surface area contributed by atoms with Gasteiger partial charge in [-0.05, 0) is 18.1 Å². The number of aromatic amines is 1. The Kier molecular flexibility index (Phi) is 4.50. The Morgan fingerprint density at radius 2 is 2.08 bits per heavy atom. The number of fused-ring (bicyclic) bond motifs is 1. The van der Waals surface area contributed by atoms with Crippen LogP contribution in [0.2, 0.25) is 0 Å². The quantitative estimate of drug-likeness (QED) is 0.844. The molecule has 7 heteroatoms. The lowest BCUT2D eigenvalue weighted by atomic mass is 9.90. The molecular weight excluding hydrogens is 308 g/mol. The number of H-pyrrole nitrogens is 1. The molecule has 0 unspecified atom stereocenters. The molecule has 0 saturated heterocycles. The van der Waals surface area contributed by atoms with Crippen LogP contribution >= 0.6 is 0 Å². The van der Waals surface area contributed by atoms with Gasteiger partial charge in [-0.2, -0.15) is 0 Å². The molecule has 1 atom stereocenters. The number of aromatic nitrogens is 2. The van der Waals surface area contributed by atoms with E-state index in [0.29, 0.717) is 6.54 Å². The maximum Gasteiger partial charge on any atom is 0.328 e. The van der Waals surface area contributed by atoms with Crippen LogP contribution in [0, 0.1) is 0 Å². The topological polar surface area (TPSA) is 87.2 Å². The molecule has 0 saturated carbocycles. The van der Waals surface area contributed by atoms with Gasteiger partial charge in [-0.3, -0.25) is 19.1 Å². The van der Waals surface area contributed by atoms with Crippen LogP contribution in [0.5, 0.6) is 0 Å². The highest BCUT2D eigenvalue weighted by molar-refractivity contribution is 5.75. The minimum atomic E-state index is -0.581. The zero-order valence-electron chi connectivity index (χ0n) is 13.5. The van der Waals surface area contributed by atoms with Crippen molar-refractivity contribution in [2.24, 2.45) is 0 Å². The Balaban J connectivity index is 1.64. The minimum absolute atomic E-state index is 0.107. The average molecular weight is 328 g/mol. The van der Waals surface area contributed by atoms with E-state index >= 15 is 0 Å². The molecule has 7 nitrogen and oxygen atoms in total. The number of para-hydroxylation sites is 1. The highest BCUT2D eigenvalue weighted by Crippen LogP contribution is 2.33. The summed E-state index contributed by atoms with van der Waals surface area (Å²) in [5.74, 6) is 0.00853. The lowest BCUT2D eigenvalue weighted by Gasteiger charge is -2.33. The standard InChI is InChI=1S/C17H20N4O3/c1-20-8-6-12(13-4-2-3-5-14(13)20)10-18-16(23)11-21-9-7-15(22)19-17(21)24/h2-5,7,9,12H,6,8,10-11H2,1H3,(H,18,23)(H,19,22,24)/t12-/m0/s1. The van der Waals surface area contributed by atoms with Gasteiger partial charge in [0.15, 0.2) is 0 Å². The number of anilines is 1. The number of benzene rings is 1. The molecule has 0 radical (unpaired) electrons. The average Bonchev–Trinajstić information content (AvgIpc) is 2.57. The Labute approximate surface area is 138 Å². The van der Waals surface area contributed by atoms with Crippen LogP contribution in [0.15, 0.2) is 46.1 Å². The summed E-state index contributed by atoms with van der Waals surface area (Å²) >= 11 is 0. The van der Waals surface area contributed by atoms with Crippen molar-refractivity contribution in [1.82, 2.24) is 14.9 Å². The van der Waals surface area contributed by atoms with Crippen molar-refractivity contribution in [1.29, 1.82) is 0 Å². The number of hydrogen-bond donors (Lipinski definition) is 2. The van der Waals surface area contributed by atoms with Crippen LogP contribution in [0.4, 0.5) is 5.69 Å². The normalized spacial score (nSPS) is 16.5. The van der Waals surface area contributed by atoms with E-state index < -0.39 is 11.2 Å². The molecule has 1 amide bonds. The first-order valence-corrected chi connectivity index (χ1v) is 7.91. The second kappa shape index (κ2) is 6.74. The van der Waals surface area contributed by atoms with E-state index in [0.717, 1.165) is 13.0 Å². The molecule has 2 heterocycles. The van der Waals surface area contributed by atoms with Crippen molar-refractivity contribution in [2.45, 2.75) is 18.9 Å². The van der Waals surface area contributed by atoms with Crippen LogP contribution < -0.4 is 21.5 Å². The second-order valence-corrected chi connectivity index (χ2v) is 6.01. The zero-order valence-corrected chi connectivity index (χ0v) is 13.5. The maximum absolute atomic E-state index is 12.1. The molecule has 1 aromatic carbocycles. The van der Waals surface area contributed by atoms with Crippen LogP contribution in [0.25, 0.3) is 0 Å². The first-order valence-electron chi connectivity index (χ1n) is 7.91. The lowest BCUT2D eigenvalue weighted by molar-refractivity contribution is -0.121. The van der Waals surface area contributed by atoms with Crippen LogP contribution in [-0.4, -0.2) is 35.6 Å². The molecule has 24 heavy (non-hydrogen) atoms. The molecule has 1 aliphatic heterocycles. The summed E-state index contributed by atoms with van der Waals surface area (Å²) in [6.45, 7) is 1.36. The number of carbonyl (C=O) groups excluding carboxylic acids is 1. The van der Waals surface area contributed by atoms with Gasteiger partial charge in [0.2, 0.25) is 5.91 Å². The molecule has 1 aliphatic rings. The predicted molar refractivity (Wildman–Crippen MR) is 91.4 cm³/mol. The van der Waals surface area contributed by atoms with Crippen LogP contribution in [0.3, 0.4) is 0 Å². The van der Waals surface area contributed by atoms with E-state index in [4.69, 9.17) is 0 Å². The molecule has 0 bridgehead atoms. The number of carbonyl (C=O) groups is 1. The highest BCUT2D eigenvalue weighted by Gasteiger charge is 2.23. The molecule has 3 rings (SSSR count). The Morgan fingerprint density at radius 1 is 1.29 bits per heavy atom. The molecule has 2 aromatic rings. The fraction of sp³-hybridized carbons (Fsp3) is 0.353. The van der Waals surface area contributed by atoms with Gasteiger partial charge in [-0.25, -0.2) is 4.79 Å². The fourth-order valence-corrected chi connectivity index (χ4v) is 3.03. The van der Waals surface area contributed by atoms with Crippen LogP contribution in [-0.2, 0) is 11.3 Å². The zero-order chi connectivity index (χ0) is 17.1. The Hall–Kier alpha value is -2.83. The van der Waals surface area contributed by atoms with Crippen molar-refractivity contribution >= 4 is 11.6 Å². The monoisotopic (exact) mass is 328 g/mol. The first-order chi connectivity index (χ1) is 11.5. The molecule has 0 fully saturated rings. The van der Waals surface area contributed by atoms with Crippen molar-refractivity contribution in [3.63, 3.8) is 0 Å². The van der Waals surface area contributed by atoms with E-state index in [2.05, 4.69) is 34.4 Å². The number of rotatable bonds is 4. The number of amides is 1. The van der Waals surface area contributed by atoms with E-state index in [9.17, 15) is 14.4 Å². The smallest absolute Gasteiger partial charge is 0.328 e. The summed E-state index contributed by atoms with van der Waals surface area (Å²) in [6, 6.07) is 9.42. The van der Waals surface area contributed by atoms with Gasteiger partial charge in [0.1, 0.15) is 6.54 Å². The van der Waals surface area contributed by atoms with Gasteiger partial charge in [-0.1, -0.05) is 18.2 Å². The van der Waals surface area contributed by atoms with Crippen molar-refractivity contribution in [3.05, 3.63) is 62.9 Å². The second-order valence-electron chi connectivity index (χ2n) is 6.01. The van der Waals surface area contributed by atoms with Gasteiger partial charge < -0.3 is 10.2 Å². The summed E-state index contributed by atoms with van der Waals surface area (Å²) in [5.41, 5.74) is 1.37. The van der Waals surface area contributed by atoms with Crippen molar-refractivity contribution in [3.8, 4) is 0 Å². The number of nitrogens with one attached hydrogen (secondary N) is 2. The van der Waals surface area contributed by atoms with E-state index in [-0.39, 0.29) is 18.4 Å². The van der Waals surface area contributed by atoms with E-state index in [1.165, 1.54) is 28.1 Å². The third kappa shape index (κ3) is 3.40. The molecular formula is C17H20N4O3. The van der Waals surface area contributed by atoms with Gasteiger partial charge in [0.05, 0.1) is 0 Å². The molecule has 0 spiro atoms. The maximum atomic E-state index is 12.1. The van der Waals surface area contributed by atoms with Crippen molar-refractivity contribution < 1.29 is 4.79 Å². The lowest BCUT2D eigenvalue weighted by Crippen LogP contribution is -2.38. The minimum Gasteiger partial charge on any atom is -0.374 e. The number of nitrogens with zero attached hydrogens (tertiary/aromatic N) is 2. The molecule has 2 N–H and O–H groups in total. The number of hydrogen-bond acceptors (Lipinski definition) is 4. The predicted octanol–water partition coefficient (Wildman–Crippen LogP) is 0.277. The van der Waals surface area contributed by atoms with Gasteiger partial charge in [0.25, 0.3) is 5.56 Å². The fourth-order valence-electron chi connectivity index (χ4n) is 3.03. The van der Waals surface area contributed by atoms with E-state index in [1.54, 1.807) is 0 Å². The summed E-state index contributed by atoms with van der Waals surface area (Å²) in [7, 11) is 2.07. The third-order valence-corrected chi connectivity index (χ3v) is 4.36. The molecule has 126 valence electrons. The van der Waals surface area contributed by atoms with Crippen LogP contribution in [0.1, 0.15) is 17.9 Å². The Bertz CT molecular complexity index is 855. The van der Waals surface area contributed by atoms with E-state index in [1.807, 2.05) is 12.1 Å². The Morgan fingerprint density at radius 3 is 2.88 bits per heavy atom. The van der Waals surface area contributed by atoms with Gasteiger partial charge in [-0.15, -0.1) is 0 Å². The largest absolute Gasteiger partial charge is 0.374 e. The summed E-state index contributed by atoms with van der Waals surface area (Å²) in [4.78, 5) is 39.1. The van der Waals surface area contributed by atoms with Crippen molar-refractivity contribution in [2.75, 3.05) is 25.0 Å². The summed E-state index contributed by atoms with van der Waals surface area (Å²) < 4.78 is 1.18. The van der Waals surface area contributed by atoms with Gasteiger partial charge in [0, 0.05) is 44.0 Å². The first kappa shape index (κ1) is 16.0. The SMILES string of the molecule is CN1CC[C@@H](CNC(=O)Cn2ccc(=O)[nH]c2=O)c2ccccc21. The molecule has 0 aliphatic carbocycles. The van der Waals surface area contributed by atoms with Gasteiger partial charge >= 0.3 is 5.69 Å². The summed E-state index contributed by atoms with van der Waals surface area (Å²) in [5, 5.41) is 2.89. The molecule has 1 aromatic heterocycles. The highest BCUT2D eigenvalue weighted by atomic mass is 16.2. The third-order valence-electron chi connectivity index (χ3n) is 4.36.